The molecule has 0 unspecified atom stereocenters. The van der Waals surface area contributed by atoms with E-state index >= 15 is 0 Å². The number of rotatable bonds is 3. The van der Waals surface area contributed by atoms with Crippen molar-refractivity contribution in [2.45, 2.75) is 19.1 Å². The van der Waals surface area contributed by atoms with E-state index in [1.165, 1.54) is 0 Å². The maximum atomic E-state index is 12.4. The molecule has 2 aromatic rings. The number of esters is 1. The number of hydrogen-bond acceptors (Lipinski definition) is 5. The van der Waals surface area contributed by atoms with Crippen molar-refractivity contribution < 1.29 is 23.8 Å². The van der Waals surface area contributed by atoms with Gasteiger partial charge in [0.05, 0.1) is 5.56 Å². The maximum Gasteiger partial charge on any atom is 0.339 e. The van der Waals surface area contributed by atoms with Gasteiger partial charge in [0.2, 0.25) is 0 Å². The molecule has 0 radical (unpaired) electrons. The average molecular weight is 339 g/mol. The molecule has 128 valence electrons. The van der Waals surface area contributed by atoms with Crippen molar-refractivity contribution in [1.82, 2.24) is 5.32 Å². The fourth-order valence-electron chi connectivity index (χ4n) is 2.98. The third kappa shape index (κ3) is 3.15. The van der Waals surface area contributed by atoms with Crippen LogP contribution < -0.4 is 14.8 Å². The standard InChI is InChI=1S/C19H17NO5/c21-18(17-10-13-3-1-2-4-14(13)19(22)25-17)20-11-12-5-6-15-16(9-12)24-8-7-23-15/h1-6,9,17H,7-8,10-11H2,(H,20,21)/t17-/m1/s1. The topological polar surface area (TPSA) is 73.9 Å². The van der Waals surface area contributed by atoms with Crippen LogP contribution in [0.15, 0.2) is 42.5 Å². The molecule has 25 heavy (non-hydrogen) atoms. The molecule has 1 amide bonds. The summed E-state index contributed by atoms with van der Waals surface area (Å²) >= 11 is 0. The second-order valence-electron chi connectivity index (χ2n) is 5.95. The van der Waals surface area contributed by atoms with Crippen LogP contribution in [0.5, 0.6) is 11.5 Å². The van der Waals surface area contributed by atoms with Crippen molar-refractivity contribution >= 4 is 11.9 Å². The summed E-state index contributed by atoms with van der Waals surface area (Å²) in [5.41, 5.74) is 2.25. The summed E-state index contributed by atoms with van der Waals surface area (Å²) < 4.78 is 16.3. The summed E-state index contributed by atoms with van der Waals surface area (Å²) in [6.45, 7) is 1.38. The smallest absolute Gasteiger partial charge is 0.339 e. The van der Waals surface area contributed by atoms with Gasteiger partial charge >= 0.3 is 5.97 Å². The van der Waals surface area contributed by atoms with Gasteiger partial charge in [-0.05, 0) is 29.3 Å². The Morgan fingerprint density at radius 2 is 1.88 bits per heavy atom. The number of hydrogen-bond donors (Lipinski definition) is 1. The molecule has 0 spiro atoms. The Morgan fingerprint density at radius 3 is 2.76 bits per heavy atom. The van der Waals surface area contributed by atoms with Crippen LogP contribution in [0.3, 0.4) is 0 Å². The molecule has 0 aromatic heterocycles. The number of carbonyl (C=O) groups excluding carboxylic acids is 2. The van der Waals surface area contributed by atoms with Gasteiger partial charge in [0.15, 0.2) is 17.6 Å². The van der Waals surface area contributed by atoms with Gasteiger partial charge in [-0.3, -0.25) is 4.79 Å². The first-order valence-electron chi connectivity index (χ1n) is 8.16. The van der Waals surface area contributed by atoms with E-state index in [0.29, 0.717) is 43.2 Å². The fourth-order valence-corrected chi connectivity index (χ4v) is 2.98. The van der Waals surface area contributed by atoms with Crippen LogP contribution in [0.2, 0.25) is 0 Å². The molecule has 0 bridgehead atoms. The zero-order chi connectivity index (χ0) is 17.2. The van der Waals surface area contributed by atoms with Crippen LogP contribution in [0.25, 0.3) is 0 Å². The van der Waals surface area contributed by atoms with Gasteiger partial charge in [-0.15, -0.1) is 0 Å². The summed E-state index contributed by atoms with van der Waals surface area (Å²) in [6, 6.07) is 12.7. The molecule has 2 heterocycles. The van der Waals surface area contributed by atoms with Gasteiger partial charge in [-0.25, -0.2) is 4.79 Å². The number of fused-ring (bicyclic) bond motifs is 2. The monoisotopic (exact) mass is 339 g/mol. The number of nitrogens with one attached hydrogen (secondary N) is 1. The van der Waals surface area contributed by atoms with E-state index in [1.54, 1.807) is 12.1 Å². The predicted octanol–water partition coefficient (Wildman–Crippen LogP) is 1.86. The van der Waals surface area contributed by atoms with E-state index in [0.717, 1.165) is 11.1 Å². The van der Waals surface area contributed by atoms with Gasteiger partial charge in [0, 0.05) is 13.0 Å². The third-order valence-corrected chi connectivity index (χ3v) is 4.26. The second-order valence-corrected chi connectivity index (χ2v) is 5.95. The second kappa shape index (κ2) is 6.47. The summed E-state index contributed by atoms with van der Waals surface area (Å²) in [4.78, 5) is 24.4. The lowest BCUT2D eigenvalue weighted by Gasteiger charge is -2.24. The number of cyclic esters (lactones) is 1. The Hall–Kier alpha value is -3.02. The van der Waals surface area contributed by atoms with Crippen LogP contribution in [0.1, 0.15) is 21.5 Å². The summed E-state index contributed by atoms with van der Waals surface area (Å²) in [5.74, 6) is 0.620. The number of carbonyl (C=O) groups is 2. The van der Waals surface area contributed by atoms with E-state index in [9.17, 15) is 9.59 Å². The average Bonchev–Trinajstić information content (AvgIpc) is 2.66. The van der Waals surface area contributed by atoms with Crippen LogP contribution in [-0.2, 0) is 22.5 Å². The minimum Gasteiger partial charge on any atom is -0.486 e. The lowest BCUT2D eigenvalue weighted by atomic mass is 9.98. The highest BCUT2D eigenvalue weighted by Crippen LogP contribution is 2.30. The highest BCUT2D eigenvalue weighted by molar-refractivity contribution is 5.95. The van der Waals surface area contributed by atoms with Gasteiger partial charge in [0.1, 0.15) is 13.2 Å². The first-order valence-corrected chi connectivity index (χ1v) is 8.16. The van der Waals surface area contributed by atoms with E-state index in [2.05, 4.69) is 5.32 Å². The van der Waals surface area contributed by atoms with Crippen molar-refractivity contribution in [3.63, 3.8) is 0 Å². The Bertz CT molecular complexity index is 832. The van der Waals surface area contributed by atoms with Crippen molar-refractivity contribution in [2.24, 2.45) is 0 Å². The summed E-state index contributed by atoms with van der Waals surface area (Å²) in [5, 5.41) is 2.81. The number of ether oxygens (including phenoxy) is 3. The minimum atomic E-state index is -0.806. The van der Waals surface area contributed by atoms with E-state index < -0.39 is 12.1 Å². The molecule has 0 saturated heterocycles. The van der Waals surface area contributed by atoms with Crippen LogP contribution in [-0.4, -0.2) is 31.2 Å². The largest absolute Gasteiger partial charge is 0.486 e. The molecule has 1 N–H and O–H groups in total. The van der Waals surface area contributed by atoms with Crippen molar-refractivity contribution in [1.29, 1.82) is 0 Å². The summed E-state index contributed by atoms with van der Waals surface area (Å²) in [7, 11) is 0. The Balaban J connectivity index is 1.40. The molecule has 1 atom stereocenters. The molecule has 0 aliphatic carbocycles. The molecule has 2 aliphatic rings. The zero-order valence-electron chi connectivity index (χ0n) is 13.5. The van der Waals surface area contributed by atoms with Crippen LogP contribution in [0.4, 0.5) is 0 Å². The van der Waals surface area contributed by atoms with Crippen LogP contribution in [0, 0.1) is 0 Å². The minimum absolute atomic E-state index is 0.308. The molecule has 4 rings (SSSR count). The molecular weight excluding hydrogens is 322 g/mol. The fraction of sp³-hybridized carbons (Fsp3) is 0.263. The summed E-state index contributed by atoms with van der Waals surface area (Å²) in [6.07, 6.45) is -0.422. The van der Waals surface area contributed by atoms with Gasteiger partial charge in [-0.1, -0.05) is 24.3 Å². The molecule has 6 heteroatoms. The van der Waals surface area contributed by atoms with Crippen molar-refractivity contribution in [2.75, 3.05) is 13.2 Å². The van der Waals surface area contributed by atoms with Gasteiger partial charge < -0.3 is 19.5 Å². The molecule has 0 fully saturated rings. The van der Waals surface area contributed by atoms with Crippen molar-refractivity contribution in [3.8, 4) is 11.5 Å². The third-order valence-electron chi connectivity index (χ3n) is 4.26. The van der Waals surface area contributed by atoms with Gasteiger partial charge in [-0.2, -0.15) is 0 Å². The maximum absolute atomic E-state index is 12.4. The Kier molecular flexibility index (Phi) is 4.01. The molecule has 6 nitrogen and oxygen atoms in total. The molecule has 2 aliphatic heterocycles. The molecule has 2 aromatic carbocycles. The predicted molar refractivity (Wildman–Crippen MR) is 88.6 cm³/mol. The molecular formula is C19H17NO5. The Labute approximate surface area is 144 Å². The van der Waals surface area contributed by atoms with E-state index in [4.69, 9.17) is 14.2 Å². The normalized spacial score (nSPS) is 18.1. The first kappa shape index (κ1) is 15.5. The molecule has 0 saturated carbocycles. The SMILES string of the molecule is O=C1O[C@@H](C(=O)NCc2ccc3c(c2)OCCO3)Cc2ccccc21. The quantitative estimate of drug-likeness (QED) is 0.864. The highest BCUT2D eigenvalue weighted by Gasteiger charge is 2.30. The lowest BCUT2D eigenvalue weighted by molar-refractivity contribution is -0.130. The number of amides is 1. The first-order chi connectivity index (χ1) is 12.2. The zero-order valence-corrected chi connectivity index (χ0v) is 13.5. The Morgan fingerprint density at radius 1 is 1.08 bits per heavy atom. The van der Waals surface area contributed by atoms with E-state index in [1.807, 2.05) is 30.3 Å². The van der Waals surface area contributed by atoms with Gasteiger partial charge in [0.25, 0.3) is 5.91 Å². The number of benzene rings is 2. The van der Waals surface area contributed by atoms with Crippen LogP contribution >= 0.6 is 0 Å². The highest BCUT2D eigenvalue weighted by atomic mass is 16.6. The van der Waals surface area contributed by atoms with E-state index in [-0.39, 0.29) is 5.91 Å². The van der Waals surface area contributed by atoms with Crippen molar-refractivity contribution in [3.05, 3.63) is 59.2 Å². The lowest BCUT2D eigenvalue weighted by Crippen LogP contribution is -2.41.